The topological polar surface area (TPSA) is 46.8 Å². The van der Waals surface area contributed by atoms with Gasteiger partial charge in [-0.15, -0.1) is 10.2 Å². The summed E-state index contributed by atoms with van der Waals surface area (Å²) in [6.45, 7) is 4.89. The van der Waals surface area contributed by atoms with Gasteiger partial charge in [0.2, 0.25) is 0 Å². The van der Waals surface area contributed by atoms with Gasteiger partial charge in [0.15, 0.2) is 0 Å². The van der Waals surface area contributed by atoms with Gasteiger partial charge in [-0.1, -0.05) is 34.5 Å². The van der Waals surface area contributed by atoms with Gasteiger partial charge >= 0.3 is 0 Å². The first-order chi connectivity index (χ1) is 11.5. The molecule has 0 fully saturated rings. The molecule has 1 unspecified atom stereocenters. The van der Waals surface area contributed by atoms with E-state index < -0.39 is 0 Å². The standard InChI is InChI=1S/C17H15BrClN5/c1-10-9-23(16-6-4-13(19)8-20-16)15-7-12(18)3-5-14(15)24-11(2)21-22-17(10)24/h3-8,10H,9H2,1-2H3. The van der Waals surface area contributed by atoms with Crippen molar-refractivity contribution in [2.45, 2.75) is 19.8 Å². The van der Waals surface area contributed by atoms with E-state index in [1.165, 1.54) is 0 Å². The van der Waals surface area contributed by atoms with Gasteiger partial charge in [-0.3, -0.25) is 4.57 Å². The van der Waals surface area contributed by atoms with Crippen LogP contribution in [-0.2, 0) is 0 Å². The van der Waals surface area contributed by atoms with Crippen LogP contribution in [0.15, 0.2) is 41.0 Å². The Morgan fingerprint density at radius 3 is 2.75 bits per heavy atom. The Hall–Kier alpha value is -1.92. The van der Waals surface area contributed by atoms with E-state index in [9.17, 15) is 0 Å². The van der Waals surface area contributed by atoms with E-state index in [-0.39, 0.29) is 5.92 Å². The third-order valence-corrected chi connectivity index (χ3v) is 4.92. The van der Waals surface area contributed by atoms with E-state index in [4.69, 9.17) is 11.6 Å². The van der Waals surface area contributed by atoms with Crippen LogP contribution in [0.25, 0.3) is 5.69 Å². The highest BCUT2D eigenvalue weighted by Crippen LogP contribution is 2.38. The van der Waals surface area contributed by atoms with Crippen LogP contribution in [0, 0.1) is 6.92 Å². The Balaban J connectivity index is 1.96. The number of pyridine rings is 1. The molecule has 7 heteroatoms. The second-order valence-corrected chi connectivity index (χ2v) is 7.27. The SMILES string of the molecule is Cc1nnc2n1-c1ccc(Br)cc1N(c1ccc(Cl)cn1)CC2C. The minimum Gasteiger partial charge on any atom is -0.324 e. The number of hydrogen-bond acceptors (Lipinski definition) is 4. The van der Waals surface area contributed by atoms with Gasteiger partial charge in [0.25, 0.3) is 0 Å². The molecule has 1 aliphatic heterocycles. The maximum Gasteiger partial charge on any atom is 0.142 e. The van der Waals surface area contributed by atoms with E-state index in [0.29, 0.717) is 5.02 Å². The van der Waals surface area contributed by atoms with Crippen molar-refractivity contribution in [1.82, 2.24) is 19.7 Å². The van der Waals surface area contributed by atoms with E-state index in [0.717, 1.165) is 39.9 Å². The summed E-state index contributed by atoms with van der Waals surface area (Å²) in [5.41, 5.74) is 2.12. The predicted octanol–water partition coefficient (Wildman–Crippen LogP) is 4.64. The molecule has 24 heavy (non-hydrogen) atoms. The Kier molecular flexibility index (Phi) is 3.81. The van der Waals surface area contributed by atoms with Crippen LogP contribution in [0.4, 0.5) is 11.5 Å². The van der Waals surface area contributed by atoms with Crippen LogP contribution >= 0.6 is 27.5 Å². The molecule has 0 saturated heterocycles. The number of anilines is 2. The minimum absolute atomic E-state index is 0.204. The molecule has 122 valence electrons. The van der Waals surface area contributed by atoms with E-state index in [2.05, 4.69) is 59.6 Å². The van der Waals surface area contributed by atoms with Crippen LogP contribution in [0.5, 0.6) is 0 Å². The molecule has 0 saturated carbocycles. The zero-order valence-electron chi connectivity index (χ0n) is 13.2. The van der Waals surface area contributed by atoms with E-state index in [1.807, 2.05) is 25.1 Å². The molecule has 1 aromatic carbocycles. The molecular weight excluding hydrogens is 390 g/mol. The number of halogens is 2. The molecule has 4 rings (SSSR count). The summed E-state index contributed by atoms with van der Waals surface area (Å²) in [4.78, 5) is 6.71. The zero-order valence-corrected chi connectivity index (χ0v) is 15.6. The van der Waals surface area contributed by atoms with Gasteiger partial charge in [-0.2, -0.15) is 0 Å². The lowest BCUT2D eigenvalue weighted by Crippen LogP contribution is -2.22. The lowest BCUT2D eigenvalue weighted by Gasteiger charge is -2.25. The first-order valence-corrected chi connectivity index (χ1v) is 8.82. The summed E-state index contributed by atoms with van der Waals surface area (Å²) in [7, 11) is 0. The summed E-state index contributed by atoms with van der Waals surface area (Å²) in [6.07, 6.45) is 1.68. The Labute approximate surface area is 153 Å². The highest BCUT2D eigenvalue weighted by Gasteiger charge is 2.28. The normalized spacial score (nSPS) is 16.5. The average molecular weight is 405 g/mol. The molecule has 2 aromatic heterocycles. The highest BCUT2D eigenvalue weighted by atomic mass is 79.9. The number of benzene rings is 1. The highest BCUT2D eigenvalue weighted by molar-refractivity contribution is 9.10. The van der Waals surface area contributed by atoms with Crippen LogP contribution in [-0.4, -0.2) is 26.3 Å². The molecule has 3 heterocycles. The summed E-state index contributed by atoms with van der Waals surface area (Å²) in [5.74, 6) is 2.91. The van der Waals surface area contributed by atoms with Crippen molar-refractivity contribution in [2.24, 2.45) is 0 Å². The molecule has 0 aliphatic carbocycles. The predicted molar refractivity (Wildman–Crippen MR) is 98.5 cm³/mol. The van der Waals surface area contributed by atoms with Crippen molar-refractivity contribution in [3.63, 3.8) is 0 Å². The minimum atomic E-state index is 0.204. The zero-order chi connectivity index (χ0) is 16.8. The summed E-state index contributed by atoms with van der Waals surface area (Å²) in [6, 6.07) is 10.0. The number of aryl methyl sites for hydroxylation is 1. The van der Waals surface area contributed by atoms with Crippen molar-refractivity contribution < 1.29 is 0 Å². The van der Waals surface area contributed by atoms with Crippen molar-refractivity contribution in [2.75, 3.05) is 11.4 Å². The molecule has 3 aromatic rings. The lowest BCUT2D eigenvalue weighted by molar-refractivity contribution is 0.693. The van der Waals surface area contributed by atoms with Gasteiger partial charge in [0.1, 0.15) is 17.5 Å². The monoisotopic (exact) mass is 403 g/mol. The second kappa shape index (κ2) is 5.86. The third kappa shape index (κ3) is 2.50. The molecule has 0 N–H and O–H groups in total. The van der Waals surface area contributed by atoms with Gasteiger partial charge in [0, 0.05) is 23.1 Å². The van der Waals surface area contributed by atoms with Crippen LogP contribution in [0.3, 0.4) is 0 Å². The number of rotatable bonds is 1. The Bertz CT molecular complexity index is 906. The summed E-state index contributed by atoms with van der Waals surface area (Å²) in [5, 5.41) is 9.29. The van der Waals surface area contributed by atoms with Crippen molar-refractivity contribution >= 4 is 39.0 Å². The van der Waals surface area contributed by atoms with Crippen LogP contribution in [0.1, 0.15) is 24.5 Å². The van der Waals surface area contributed by atoms with E-state index >= 15 is 0 Å². The van der Waals surface area contributed by atoms with Crippen LogP contribution in [0.2, 0.25) is 5.02 Å². The molecule has 0 spiro atoms. The number of hydrogen-bond donors (Lipinski definition) is 0. The second-order valence-electron chi connectivity index (χ2n) is 5.92. The molecule has 1 aliphatic rings. The number of fused-ring (bicyclic) bond motifs is 3. The van der Waals surface area contributed by atoms with Crippen LogP contribution < -0.4 is 4.90 Å². The number of aromatic nitrogens is 4. The fourth-order valence-electron chi connectivity index (χ4n) is 3.10. The van der Waals surface area contributed by atoms with Crippen molar-refractivity contribution in [1.29, 1.82) is 0 Å². The largest absolute Gasteiger partial charge is 0.324 e. The maximum atomic E-state index is 6.00. The lowest BCUT2D eigenvalue weighted by atomic mass is 10.1. The first-order valence-electron chi connectivity index (χ1n) is 7.65. The molecule has 0 radical (unpaired) electrons. The van der Waals surface area contributed by atoms with Crippen molar-refractivity contribution in [3.8, 4) is 5.69 Å². The molecule has 5 nitrogen and oxygen atoms in total. The third-order valence-electron chi connectivity index (χ3n) is 4.20. The quantitative estimate of drug-likeness (QED) is 0.593. The summed E-state index contributed by atoms with van der Waals surface area (Å²) >= 11 is 9.59. The fourth-order valence-corrected chi connectivity index (χ4v) is 3.56. The molecule has 1 atom stereocenters. The maximum absolute atomic E-state index is 6.00. The van der Waals surface area contributed by atoms with Gasteiger partial charge in [0.05, 0.1) is 16.4 Å². The first kappa shape index (κ1) is 15.6. The molecule has 0 bridgehead atoms. The number of nitrogens with zero attached hydrogens (tertiary/aromatic N) is 5. The average Bonchev–Trinajstić information content (AvgIpc) is 2.89. The van der Waals surface area contributed by atoms with Gasteiger partial charge in [-0.05, 0) is 37.3 Å². The van der Waals surface area contributed by atoms with E-state index in [1.54, 1.807) is 6.20 Å². The smallest absolute Gasteiger partial charge is 0.142 e. The Morgan fingerprint density at radius 2 is 2.00 bits per heavy atom. The van der Waals surface area contributed by atoms with Gasteiger partial charge in [-0.25, -0.2) is 4.98 Å². The molecular formula is C17H15BrClN5. The Morgan fingerprint density at radius 1 is 1.17 bits per heavy atom. The van der Waals surface area contributed by atoms with Crippen molar-refractivity contribution in [3.05, 3.63) is 57.7 Å². The summed E-state index contributed by atoms with van der Waals surface area (Å²) < 4.78 is 3.14. The molecule has 0 amide bonds. The van der Waals surface area contributed by atoms with Gasteiger partial charge < -0.3 is 4.90 Å². The fraction of sp³-hybridized carbons (Fsp3) is 0.235.